The number of benzene rings is 1. The number of methoxy groups -OCH3 is 1. The molecule has 1 aliphatic rings. The summed E-state index contributed by atoms with van der Waals surface area (Å²) in [6.45, 7) is 1.54. The topological polar surface area (TPSA) is 91.1 Å². The van der Waals surface area contributed by atoms with Crippen molar-refractivity contribution in [2.45, 2.75) is 25.8 Å². The van der Waals surface area contributed by atoms with Crippen LogP contribution in [0.5, 0.6) is 0 Å². The third kappa shape index (κ3) is 3.38. The number of hydrogen-bond donors (Lipinski definition) is 2. The van der Waals surface area contributed by atoms with E-state index in [-0.39, 0.29) is 11.7 Å². The maximum absolute atomic E-state index is 13.0. The van der Waals surface area contributed by atoms with Crippen LogP contribution in [0.15, 0.2) is 30.3 Å². The van der Waals surface area contributed by atoms with Gasteiger partial charge in [0.2, 0.25) is 0 Å². The number of aromatic amines is 2. The average Bonchev–Trinajstić information content (AvgIpc) is 3.31. The number of hydrogen-bond acceptors (Lipinski definition) is 4. The lowest BCUT2D eigenvalue weighted by Gasteiger charge is -2.26. The Morgan fingerprint density at radius 1 is 1.30 bits per heavy atom. The number of H-pyrrole nitrogens is 2. The number of carbonyl (C=O) groups excluding carboxylic acids is 2. The molecule has 2 aromatic heterocycles. The largest absolute Gasteiger partial charge is 0.385 e. The number of Topliss-reactive ketones (excluding diaryl/α,β-unsaturated/α-hetero) is 1. The summed E-state index contributed by atoms with van der Waals surface area (Å²) in [4.78, 5) is 30.4. The second kappa shape index (κ2) is 7.36. The number of carbonyl (C=O) groups is 2. The minimum atomic E-state index is -0.0594. The number of aromatic nitrogens is 3. The normalized spacial score (nSPS) is 13.7. The first kappa shape index (κ1) is 17.5. The number of rotatable bonds is 6. The molecule has 0 saturated heterocycles. The Balaban J connectivity index is 1.52. The van der Waals surface area contributed by atoms with Crippen LogP contribution in [-0.4, -0.2) is 52.0 Å². The van der Waals surface area contributed by atoms with Crippen molar-refractivity contribution in [2.75, 3.05) is 20.3 Å². The molecule has 1 aromatic carbocycles. The molecule has 0 atom stereocenters. The molecule has 4 rings (SSSR count). The summed E-state index contributed by atoms with van der Waals surface area (Å²) in [7, 11) is 1.62. The predicted molar refractivity (Wildman–Crippen MR) is 101 cm³/mol. The number of ketones is 1. The Morgan fingerprint density at radius 2 is 2.15 bits per heavy atom. The van der Waals surface area contributed by atoms with E-state index in [9.17, 15) is 9.59 Å². The Kier molecular flexibility index (Phi) is 4.77. The molecule has 7 heteroatoms. The molecule has 140 valence electrons. The maximum atomic E-state index is 13.0. The highest BCUT2D eigenvalue weighted by Crippen LogP contribution is 2.24. The van der Waals surface area contributed by atoms with E-state index in [0.717, 1.165) is 22.2 Å². The molecule has 7 nitrogen and oxygen atoms in total. The van der Waals surface area contributed by atoms with Gasteiger partial charge in [0.25, 0.3) is 5.91 Å². The summed E-state index contributed by atoms with van der Waals surface area (Å²) in [5.41, 5.74) is 3.75. The maximum Gasteiger partial charge on any atom is 0.270 e. The molecule has 0 radical (unpaired) electrons. The smallest absolute Gasteiger partial charge is 0.270 e. The molecule has 0 saturated carbocycles. The van der Waals surface area contributed by atoms with Gasteiger partial charge in [-0.2, -0.15) is 5.10 Å². The number of ether oxygens (including phenoxy) is 1. The minimum absolute atomic E-state index is 0.00976. The van der Waals surface area contributed by atoms with Crippen LogP contribution in [-0.2, 0) is 17.7 Å². The molecule has 2 N–H and O–H groups in total. The molecule has 1 aliphatic heterocycles. The van der Waals surface area contributed by atoms with Crippen LogP contribution in [0.1, 0.15) is 45.1 Å². The van der Waals surface area contributed by atoms with Crippen molar-refractivity contribution < 1.29 is 14.3 Å². The molecule has 0 fully saturated rings. The zero-order valence-corrected chi connectivity index (χ0v) is 15.2. The molecule has 0 unspecified atom stereocenters. The highest BCUT2D eigenvalue weighted by atomic mass is 16.5. The third-order valence-corrected chi connectivity index (χ3v) is 5.00. The second-order valence-corrected chi connectivity index (χ2v) is 6.80. The second-order valence-electron chi connectivity index (χ2n) is 6.80. The average molecular weight is 366 g/mol. The Bertz CT molecular complexity index is 955. The quantitative estimate of drug-likeness (QED) is 0.518. The Labute approximate surface area is 156 Å². The van der Waals surface area contributed by atoms with Crippen molar-refractivity contribution in [3.05, 3.63) is 53.0 Å². The van der Waals surface area contributed by atoms with E-state index in [1.807, 2.05) is 30.3 Å². The first-order valence-electron chi connectivity index (χ1n) is 9.12. The van der Waals surface area contributed by atoms with E-state index < -0.39 is 0 Å². The van der Waals surface area contributed by atoms with Gasteiger partial charge in [0.1, 0.15) is 11.4 Å². The van der Waals surface area contributed by atoms with Crippen LogP contribution >= 0.6 is 0 Å². The molecule has 27 heavy (non-hydrogen) atoms. The molecule has 1 amide bonds. The van der Waals surface area contributed by atoms with Gasteiger partial charge in [-0.1, -0.05) is 18.2 Å². The standard InChI is InChI=1S/C20H22N4O3/c1-27-10-4-7-18(25)19-14-12-24(9-8-16(14)22-23-19)20(26)17-11-13-5-2-3-6-15(13)21-17/h2-3,5-6,11,21H,4,7-10,12H2,1H3,(H,22,23). The molecule has 0 aliphatic carbocycles. The van der Waals surface area contributed by atoms with Crippen LogP contribution < -0.4 is 0 Å². The van der Waals surface area contributed by atoms with Crippen molar-refractivity contribution in [1.29, 1.82) is 0 Å². The third-order valence-electron chi connectivity index (χ3n) is 5.00. The van der Waals surface area contributed by atoms with E-state index in [1.165, 1.54) is 0 Å². The predicted octanol–water partition coefficient (Wildman–Crippen LogP) is 2.70. The Morgan fingerprint density at radius 3 is 2.96 bits per heavy atom. The monoisotopic (exact) mass is 366 g/mol. The van der Waals surface area contributed by atoms with Gasteiger partial charge in [-0.25, -0.2) is 0 Å². The fourth-order valence-electron chi connectivity index (χ4n) is 3.55. The fourth-order valence-corrected chi connectivity index (χ4v) is 3.55. The van der Waals surface area contributed by atoms with E-state index >= 15 is 0 Å². The van der Waals surface area contributed by atoms with Crippen molar-refractivity contribution >= 4 is 22.6 Å². The lowest BCUT2D eigenvalue weighted by Crippen LogP contribution is -2.36. The number of para-hydroxylation sites is 1. The summed E-state index contributed by atoms with van der Waals surface area (Å²) in [6.07, 6.45) is 1.72. The summed E-state index contributed by atoms with van der Waals surface area (Å²) >= 11 is 0. The number of nitrogens with zero attached hydrogens (tertiary/aromatic N) is 2. The Hall–Kier alpha value is -2.93. The van der Waals surface area contributed by atoms with E-state index in [1.54, 1.807) is 12.0 Å². The SMILES string of the molecule is COCCCC(=O)c1n[nH]c2c1CN(C(=O)c1cc3ccccc3[nH]1)CC2. The van der Waals surface area contributed by atoms with Crippen molar-refractivity contribution in [3.8, 4) is 0 Å². The lowest BCUT2D eigenvalue weighted by atomic mass is 10.0. The van der Waals surface area contributed by atoms with Gasteiger partial charge in [0.05, 0.1) is 6.54 Å². The van der Waals surface area contributed by atoms with Crippen LogP contribution in [0.2, 0.25) is 0 Å². The van der Waals surface area contributed by atoms with E-state index in [2.05, 4.69) is 15.2 Å². The lowest BCUT2D eigenvalue weighted by molar-refractivity contribution is 0.0726. The van der Waals surface area contributed by atoms with Gasteiger partial charge in [0.15, 0.2) is 5.78 Å². The zero-order chi connectivity index (χ0) is 18.8. The number of amides is 1. The molecule has 3 heterocycles. The summed E-state index contributed by atoms with van der Waals surface area (Å²) in [6, 6.07) is 9.69. The first-order valence-corrected chi connectivity index (χ1v) is 9.12. The molecular weight excluding hydrogens is 344 g/mol. The number of fused-ring (bicyclic) bond motifs is 2. The van der Waals surface area contributed by atoms with Crippen molar-refractivity contribution in [3.63, 3.8) is 0 Å². The van der Waals surface area contributed by atoms with Gasteiger partial charge in [-0.15, -0.1) is 0 Å². The summed E-state index contributed by atoms with van der Waals surface area (Å²) < 4.78 is 5.01. The summed E-state index contributed by atoms with van der Waals surface area (Å²) in [5.74, 6) is -0.0692. The van der Waals surface area contributed by atoms with Crippen molar-refractivity contribution in [1.82, 2.24) is 20.1 Å². The molecule has 3 aromatic rings. The van der Waals surface area contributed by atoms with Gasteiger partial charge < -0.3 is 14.6 Å². The molecule has 0 bridgehead atoms. The summed E-state index contributed by atoms with van der Waals surface area (Å²) in [5, 5.41) is 8.20. The van der Waals surface area contributed by atoms with Gasteiger partial charge in [-0.05, 0) is 18.6 Å². The number of nitrogens with one attached hydrogen (secondary N) is 2. The van der Waals surface area contributed by atoms with Crippen LogP contribution in [0.25, 0.3) is 10.9 Å². The zero-order valence-electron chi connectivity index (χ0n) is 15.2. The van der Waals surface area contributed by atoms with E-state index in [4.69, 9.17) is 4.74 Å². The highest BCUT2D eigenvalue weighted by molar-refractivity contribution is 5.99. The fraction of sp³-hybridized carbons (Fsp3) is 0.350. The molecule has 0 spiro atoms. The van der Waals surface area contributed by atoms with Crippen LogP contribution in [0, 0.1) is 0 Å². The minimum Gasteiger partial charge on any atom is -0.385 e. The highest BCUT2D eigenvalue weighted by Gasteiger charge is 2.28. The van der Waals surface area contributed by atoms with Gasteiger partial charge in [0, 0.05) is 55.3 Å². The molecular formula is C20H22N4O3. The van der Waals surface area contributed by atoms with Gasteiger partial charge >= 0.3 is 0 Å². The van der Waals surface area contributed by atoms with Gasteiger partial charge in [-0.3, -0.25) is 14.7 Å². The first-order chi connectivity index (χ1) is 13.2. The van der Waals surface area contributed by atoms with Crippen molar-refractivity contribution in [2.24, 2.45) is 0 Å². The van der Waals surface area contributed by atoms with Crippen LogP contribution in [0.4, 0.5) is 0 Å². The van der Waals surface area contributed by atoms with Crippen LogP contribution in [0.3, 0.4) is 0 Å². The van der Waals surface area contributed by atoms with E-state index in [0.29, 0.717) is 50.3 Å².